The van der Waals surface area contributed by atoms with E-state index < -0.39 is 0 Å². The molecule has 128 valence electrons. The van der Waals surface area contributed by atoms with Crippen molar-refractivity contribution in [2.45, 2.75) is 6.61 Å². The van der Waals surface area contributed by atoms with Crippen molar-refractivity contribution < 1.29 is 14.3 Å². The number of fused-ring (bicyclic) bond motifs is 2. The SMILES string of the molecule is COc1ccc(C(=O)OCc2cccc3cc4ccccc4nc23)cc1. The van der Waals surface area contributed by atoms with Gasteiger partial charge in [0.2, 0.25) is 0 Å². The lowest BCUT2D eigenvalue weighted by Gasteiger charge is -2.09. The van der Waals surface area contributed by atoms with Crippen LogP contribution < -0.4 is 4.74 Å². The van der Waals surface area contributed by atoms with Crippen LogP contribution in [-0.4, -0.2) is 18.1 Å². The highest BCUT2D eigenvalue weighted by Gasteiger charge is 2.10. The first-order valence-corrected chi connectivity index (χ1v) is 8.33. The van der Waals surface area contributed by atoms with E-state index in [4.69, 9.17) is 14.5 Å². The Kier molecular flexibility index (Phi) is 4.23. The number of rotatable bonds is 4. The van der Waals surface area contributed by atoms with E-state index in [9.17, 15) is 4.79 Å². The van der Waals surface area contributed by atoms with Crippen molar-refractivity contribution in [3.63, 3.8) is 0 Å². The van der Waals surface area contributed by atoms with Gasteiger partial charge in [-0.1, -0.05) is 36.4 Å². The molecule has 4 aromatic rings. The van der Waals surface area contributed by atoms with Crippen LogP contribution in [-0.2, 0) is 11.3 Å². The predicted molar refractivity (Wildman–Crippen MR) is 101 cm³/mol. The summed E-state index contributed by atoms with van der Waals surface area (Å²) >= 11 is 0. The molecule has 0 aliphatic carbocycles. The molecule has 26 heavy (non-hydrogen) atoms. The van der Waals surface area contributed by atoms with Gasteiger partial charge >= 0.3 is 5.97 Å². The maximum Gasteiger partial charge on any atom is 0.338 e. The highest BCUT2D eigenvalue weighted by atomic mass is 16.5. The van der Waals surface area contributed by atoms with Crippen molar-refractivity contribution >= 4 is 27.8 Å². The van der Waals surface area contributed by atoms with Gasteiger partial charge in [-0.2, -0.15) is 0 Å². The molecule has 3 aromatic carbocycles. The predicted octanol–water partition coefficient (Wildman–Crippen LogP) is 4.75. The Bertz CT molecular complexity index is 1090. The number of carbonyl (C=O) groups is 1. The number of benzene rings is 3. The second-order valence-corrected chi connectivity index (χ2v) is 5.97. The zero-order valence-electron chi connectivity index (χ0n) is 14.3. The van der Waals surface area contributed by atoms with Crippen LogP contribution in [0.15, 0.2) is 72.8 Å². The first-order chi connectivity index (χ1) is 12.7. The summed E-state index contributed by atoms with van der Waals surface area (Å²) in [6, 6.07) is 22.9. The van der Waals surface area contributed by atoms with Crippen molar-refractivity contribution in [2.24, 2.45) is 0 Å². The topological polar surface area (TPSA) is 48.4 Å². The van der Waals surface area contributed by atoms with Gasteiger partial charge in [-0.15, -0.1) is 0 Å². The summed E-state index contributed by atoms with van der Waals surface area (Å²) < 4.78 is 10.6. The number of carbonyl (C=O) groups excluding carboxylic acids is 1. The minimum Gasteiger partial charge on any atom is -0.497 e. The minimum absolute atomic E-state index is 0.174. The van der Waals surface area contributed by atoms with Gasteiger partial charge in [0.15, 0.2) is 0 Å². The molecule has 0 aliphatic rings. The van der Waals surface area contributed by atoms with E-state index in [1.54, 1.807) is 31.4 Å². The highest BCUT2D eigenvalue weighted by molar-refractivity contribution is 5.94. The number of hydrogen-bond acceptors (Lipinski definition) is 4. The standard InChI is InChI=1S/C22H17NO3/c1-25-19-11-9-15(10-12-19)22(24)26-14-18-7-4-6-17-13-16-5-2-3-8-20(16)23-21(17)18/h2-13H,14H2,1H3. The number of aromatic nitrogens is 1. The smallest absolute Gasteiger partial charge is 0.338 e. The van der Waals surface area contributed by atoms with Crippen molar-refractivity contribution in [3.05, 3.63) is 83.9 Å². The molecule has 1 aromatic heterocycles. The fourth-order valence-corrected chi connectivity index (χ4v) is 2.93. The zero-order valence-corrected chi connectivity index (χ0v) is 14.3. The average molecular weight is 343 g/mol. The second-order valence-electron chi connectivity index (χ2n) is 5.97. The lowest BCUT2D eigenvalue weighted by molar-refractivity contribution is 0.0474. The fourth-order valence-electron chi connectivity index (χ4n) is 2.93. The summed E-state index contributed by atoms with van der Waals surface area (Å²) in [7, 11) is 1.59. The number of para-hydroxylation sites is 2. The fraction of sp³-hybridized carbons (Fsp3) is 0.0909. The van der Waals surface area contributed by atoms with Crippen LogP contribution in [0.3, 0.4) is 0 Å². The van der Waals surface area contributed by atoms with Crippen molar-refractivity contribution in [1.82, 2.24) is 4.98 Å². The largest absolute Gasteiger partial charge is 0.497 e. The van der Waals surface area contributed by atoms with Gasteiger partial charge in [-0.25, -0.2) is 9.78 Å². The first kappa shape index (κ1) is 16.1. The molecule has 0 spiro atoms. The van der Waals surface area contributed by atoms with E-state index in [2.05, 4.69) is 6.07 Å². The lowest BCUT2D eigenvalue weighted by atomic mass is 10.1. The van der Waals surface area contributed by atoms with Crippen LogP contribution in [0, 0.1) is 0 Å². The van der Waals surface area contributed by atoms with Crippen LogP contribution in [0.1, 0.15) is 15.9 Å². The molecule has 0 atom stereocenters. The Morgan fingerprint density at radius 1 is 0.923 bits per heavy atom. The van der Waals surface area contributed by atoms with Crippen molar-refractivity contribution in [2.75, 3.05) is 7.11 Å². The highest BCUT2D eigenvalue weighted by Crippen LogP contribution is 2.23. The van der Waals surface area contributed by atoms with Gasteiger partial charge in [0.1, 0.15) is 12.4 Å². The summed E-state index contributed by atoms with van der Waals surface area (Å²) in [5, 5.41) is 2.12. The van der Waals surface area contributed by atoms with Crippen molar-refractivity contribution in [1.29, 1.82) is 0 Å². The van der Waals surface area contributed by atoms with E-state index in [1.807, 2.05) is 42.5 Å². The van der Waals surface area contributed by atoms with Gasteiger partial charge < -0.3 is 9.47 Å². The summed E-state index contributed by atoms with van der Waals surface area (Å²) in [5.41, 5.74) is 3.15. The molecule has 0 bridgehead atoms. The van der Waals surface area contributed by atoms with Gasteiger partial charge in [0.05, 0.1) is 23.7 Å². The Morgan fingerprint density at radius 3 is 2.50 bits per heavy atom. The number of ether oxygens (including phenoxy) is 2. The third-order valence-corrected chi connectivity index (χ3v) is 4.32. The lowest BCUT2D eigenvalue weighted by Crippen LogP contribution is -2.05. The molecule has 0 fully saturated rings. The Balaban J connectivity index is 1.60. The van der Waals surface area contributed by atoms with E-state index in [1.165, 1.54) is 0 Å². The Labute approximate surface area is 151 Å². The normalized spacial score (nSPS) is 10.8. The number of esters is 1. The molecule has 0 unspecified atom stereocenters. The van der Waals surface area contributed by atoms with E-state index in [0.29, 0.717) is 11.3 Å². The molecule has 0 amide bonds. The van der Waals surface area contributed by atoms with Gasteiger partial charge in [0.25, 0.3) is 0 Å². The molecular weight excluding hydrogens is 326 g/mol. The average Bonchev–Trinajstić information content (AvgIpc) is 2.70. The van der Waals surface area contributed by atoms with E-state index in [0.717, 1.165) is 27.4 Å². The molecule has 0 saturated carbocycles. The van der Waals surface area contributed by atoms with Gasteiger partial charge in [0, 0.05) is 16.3 Å². The van der Waals surface area contributed by atoms with Crippen LogP contribution >= 0.6 is 0 Å². The molecule has 4 heteroatoms. The second kappa shape index (κ2) is 6.84. The number of nitrogens with zero attached hydrogens (tertiary/aromatic N) is 1. The molecular formula is C22H17NO3. The summed E-state index contributed by atoms with van der Waals surface area (Å²) in [6.45, 7) is 0.174. The van der Waals surface area contributed by atoms with E-state index >= 15 is 0 Å². The van der Waals surface area contributed by atoms with Crippen LogP contribution in [0.5, 0.6) is 5.75 Å². The molecule has 0 saturated heterocycles. The maximum absolute atomic E-state index is 12.3. The molecule has 4 rings (SSSR count). The molecule has 0 radical (unpaired) electrons. The van der Waals surface area contributed by atoms with Crippen molar-refractivity contribution in [3.8, 4) is 5.75 Å². The Morgan fingerprint density at radius 2 is 1.69 bits per heavy atom. The van der Waals surface area contributed by atoms with Crippen LogP contribution in [0.2, 0.25) is 0 Å². The third kappa shape index (κ3) is 3.09. The molecule has 4 nitrogen and oxygen atoms in total. The van der Waals surface area contributed by atoms with Gasteiger partial charge in [-0.3, -0.25) is 0 Å². The third-order valence-electron chi connectivity index (χ3n) is 4.32. The summed E-state index contributed by atoms with van der Waals surface area (Å²) in [4.78, 5) is 17.0. The Hall–Kier alpha value is -3.40. The number of pyridine rings is 1. The van der Waals surface area contributed by atoms with Crippen LogP contribution in [0.25, 0.3) is 21.8 Å². The maximum atomic E-state index is 12.3. The summed E-state index contributed by atoms with van der Waals surface area (Å²) in [6.07, 6.45) is 0. The molecule has 1 heterocycles. The minimum atomic E-state index is -0.370. The quantitative estimate of drug-likeness (QED) is 0.396. The first-order valence-electron chi connectivity index (χ1n) is 8.33. The molecule has 0 aliphatic heterocycles. The monoisotopic (exact) mass is 343 g/mol. The zero-order chi connectivity index (χ0) is 17.9. The summed E-state index contributed by atoms with van der Waals surface area (Å²) in [5.74, 6) is 0.331. The van der Waals surface area contributed by atoms with E-state index in [-0.39, 0.29) is 12.6 Å². The van der Waals surface area contributed by atoms with Crippen LogP contribution in [0.4, 0.5) is 0 Å². The number of hydrogen-bond donors (Lipinski definition) is 0. The van der Waals surface area contributed by atoms with Gasteiger partial charge in [-0.05, 0) is 36.4 Å². The molecule has 0 N–H and O–H groups in total. The number of methoxy groups -OCH3 is 1.